The van der Waals surface area contributed by atoms with Crippen LogP contribution in [0.3, 0.4) is 0 Å². The van der Waals surface area contributed by atoms with Crippen molar-refractivity contribution in [1.29, 1.82) is 5.26 Å². The molecule has 184 valence electrons. The molecular formula is C31H43NO2. The molecule has 1 aromatic carbocycles. The lowest BCUT2D eigenvalue weighted by Gasteiger charge is -2.58. The molecule has 34 heavy (non-hydrogen) atoms. The minimum absolute atomic E-state index is 0.110. The van der Waals surface area contributed by atoms with E-state index in [-0.39, 0.29) is 6.10 Å². The maximum atomic E-state index is 10.3. The Balaban J connectivity index is 1.20. The summed E-state index contributed by atoms with van der Waals surface area (Å²) in [6.45, 7) is 8.39. The van der Waals surface area contributed by atoms with Crippen molar-refractivity contribution in [3.8, 4) is 11.8 Å². The molecule has 4 aliphatic carbocycles. The molecule has 3 heteroatoms. The highest BCUT2D eigenvalue weighted by Crippen LogP contribution is 2.67. The molecule has 3 saturated carbocycles. The van der Waals surface area contributed by atoms with Gasteiger partial charge in [-0.1, -0.05) is 38.5 Å². The van der Waals surface area contributed by atoms with Crippen molar-refractivity contribution in [2.75, 3.05) is 6.61 Å². The summed E-state index contributed by atoms with van der Waals surface area (Å²) in [6, 6.07) is 9.69. The molecule has 3 nitrogen and oxygen atoms in total. The maximum absolute atomic E-state index is 10.3. The van der Waals surface area contributed by atoms with Crippen LogP contribution >= 0.6 is 0 Å². The van der Waals surface area contributed by atoms with Crippen LogP contribution in [0.4, 0.5) is 0 Å². The summed E-state index contributed by atoms with van der Waals surface area (Å²) in [7, 11) is 0. The molecule has 3 fully saturated rings. The number of aliphatic hydroxyl groups excluding tert-OH is 1. The first kappa shape index (κ1) is 23.9. The van der Waals surface area contributed by atoms with Gasteiger partial charge in [0.25, 0.3) is 0 Å². The summed E-state index contributed by atoms with van der Waals surface area (Å²) in [5, 5.41) is 19.3. The lowest BCUT2D eigenvalue weighted by atomic mass is 9.47. The molecule has 0 unspecified atom stereocenters. The third-order valence-corrected chi connectivity index (χ3v) is 10.9. The predicted molar refractivity (Wildman–Crippen MR) is 136 cm³/mol. The highest BCUT2D eigenvalue weighted by atomic mass is 16.5. The molecule has 0 bridgehead atoms. The Labute approximate surface area is 206 Å². The molecule has 1 aromatic rings. The van der Waals surface area contributed by atoms with Gasteiger partial charge in [-0.3, -0.25) is 0 Å². The fourth-order valence-corrected chi connectivity index (χ4v) is 9.07. The van der Waals surface area contributed by atoms with Gasteiger partial charge in [0.1, 0.15) is 5.75 Å². The normalized spacial score (nSPS) is 39.7. The van der Waals surface area contributed by atoms with Crippen molar-refractivity contribution >= 4 is 0 Å². The topological polar surface area (TPSA) is 53.2 Å². The molecule has 0 saturated heterocycles. The summed E-state index contributed by atoms with van der Waals surface area (Å²) in [6.07, 6.45) is 14.7. The van der Waals surface area contributed by atoms with Crippen molar-refractivity contribution in [3.05, 3.63) is 41.5 Å². The largest absolute Gasteiger partial charge is 0.494 e. The average molecular weight is 462 g/mol. The Morgan fingerprint density at radius 2 is 2.00 bits per heavy atom. The third kappa shape index (κ3) is 4.11. The van der Waals surface area contributed by atoms with Crippen LogP contribution in [-0.2, 0) is 0 Å². The van der Waals surface area contributed by atoms with Crippen LogP contribution < -0.4 is 4.74 Å². The second-order valence-electron chi connectivity index (χ2n) is 12.5. The van der Waals surface area contributed by atoms with Gasteiger partial charge in [0.2, 0.25) is 0 Å². The highest BCUT2D eigenvalue weighted by molar-refractivity contribution is 5.36. The van der Waals surface area contributed by atoms with E-state index in [9.17, 15) is 5.11 Å². The Hall–Kier alpha value is -1.79. The van der Waals surface area contributed by atoms with Crippen molar-refractivity contribution in [1.82, 2.24) is 0 Å². The first-order chi connectivity index (χ1) is 16.3. The number of rotatable bonds is 6. The van der Waals surface area contributed by atoms with Crippen molar-refractivity contribution in [2.45, 2.75) is 91.1 Å². The fraction of sp³-hybridized carbons (Fsp3) is 0.710. The monoisotopic (exact) mass is 461 g/mol. The number of hydrogen-bond acceptors (Lipinski definition) is 3. The van der Waals surface area contributed by atoms with Crippen LogP contribution in [0.1, 0.15) is 90.5 Å². The summed E-state index contributed by atoms with van der Waals surface area (Å²) in [5.41, 5.74) is 3.07. The number of aliphatic hydroxyl groups is 1. The van der Waals surface area contributed by atoms with Crippen LogP contribution in [0.25, 0.3) is 0 Å². The standard InChI is InChI=1S/C31H43NO2/c1-21(6-5-17-34-25-8-4-7-22(18-25)20-32)27-11-12-28-26-10-9-23-19-24(33)13-15-30(23,2)29(26)14-16-31(27,28)3/h4,7-9,18,21,24,26-29,33H,5-6,10-17,19H2,1-3H3/t21-,24+,26+,27-,28+,29+,30+,31-/m1/s1. The number of nitriles is 1. The van der Waals surface area contributed by atoms with E-state index in [2.05, 4.69) is 32.9 Å². The summed E-state index contributed by atoms with van der Waals surface area (Å²) < 4.78 is 5.96. The Kier molecular flexibility index (Phi) is 6.58. The number of benzene rings is 1. The molecular weight excluding hydrogens is 418 g/mol. The zero-order valence-corrected chi connectivity index (χ0v) is 21.4. The van der Waals surface area contributed by atoms with Gasteiger partial charge in [-0.15, -0.1) is 0 Å². The van der Waals surface area contributed by atoms with Crippen LogP contribution in [0.5, 0.6) is 5.75 Å². The first-order valence-electron chi connectivity index (χ1n) is 13.9. The van der Waals surface area contributed by atoms with Crippen molar-refractivity contribution in [2.24, 2.45) is 40.4 Å². The molecule has 0 heterocycles. The van der Waals surface area contributed by atoms with E-state index in [0.29, 0.717) is 16.4 Å². The zero-order chi connectivity index (χ0) is 23.9. The van der Waals surface area contributed by atoms with Crippen molar-refractivity contribution in [3.63, 3.8) is 0 Å². The minimum atomic E-state index is -0.110. The predicted octanol–water partition coefficient (Wildman–Crippen LogP) is 7.29. The van der Waals surface area contributed by atoms with Gasteiger partial charge in [0, 0.05) is 0 Å². The van der Waals surface area contributed by atoms with E-state index >= 15 is 0 Å². The van der Waals surface area contributed by atoms with Gasteiger partial charge >= 0.3 is 0 Å². The van der Waals surface area contributed by atoms with Gasteiger partial charge in [0.15, 0.2) is 0 Å². The Morgan fingerprint density at radius 1 is 1.15 bits per heavy atom. The quantitative estimate of drug-likeness (QED) is 0.357. The minimum Gasteiger partial charge on any atom is -0.494 e. The average Bonchev–Trinajstić information content (AvgIpc) is 3.19. The molecule has 0 aliphatic heterocycles. The van der Waals surface area contributed by atoms with Gasteiger partial charge in [-0.2, -0.15) is 5.26 Å². The Morgan fingerprint density at radius 3 is 2.82 bits per heavy atom. The van der Waals surface area contributed by atoms with E-state index in [1.54, 1.807) is 5.57 Å². The van der Waals surface area contributed by atoms with Gasteiger partial charge in [-0.05, 0) is 123 Å². The molecule has 8 atom stereocenters. The third-order valence-electron chi connectivity index (χ3n) is 10.9. The number of allylic oxidation sites excluding steroid dienone is 1. The molecule has 5 rings (SSSR count). The smallest absolute Gasteiger partial charge is 0.120 e. The molecule has 0 amide bonds. The van der Waals surface area contributed by atoms with Gasteiger partial charge in [0.05, 0.1) is 24.3 Å². The second kappa shape index (κ2) is 9.34. The first-order valence-corrected chi connectivity index (χ1v) is 13.9. The molecule has 1 N–H and O–H groups in total. The number of nitrogens with zero attached hydrogens (tertiary/aromatic N) is 1. The van der Waals surface area contributed by atoms with Crippen molar-refractivity contribution < 1.29 is 9.84 Å². The van der Waals surface area contributed by atoms with E-state index in [1.807, 2.05) is 24.3 Å². The van der Waals surface area contributed by atoms with Crippen LogP contribution in [-0.4, -0.2) is 17.8 Å². The number of ether oxygens (including phenoxy) is 1. The molecule has 0 aromatic heterocycles. The highest BCUT2D eigenvalue weighted by Gasteiger charge is 2.59. The second-order valence-corrected chi connectivity index (χ2v) is 12.5. The van der Waals surface area contributed by atoms with E-state index in [1.165, 1.54) is 44.9 Å². The van der Waals surface area contributed by atoms with Crippen LogP contribution in [0.15, 0.2) is 35.9 Å². The summed E-state index contributed by atoms with van der Waals surface area (Å²) >= 11 is 0. The maximum Gasteiger partial charge on any atom is 0.120 e. The van der Waals surface area contributed by atoms with Gasteiger partial charge < -0.3 is 9.84 Å². The number of hydrogen-bond donors (Lipinski definition) is 1. The SMILES string of the molecule is C[C@H](CCCOc1cccc(C#N)c1)[C@H]1CC[C@H]2[C@@H]3CC=C4C[C@@H](O)CC[C@]4(C)[C@H]3CC[C@]12C. The number of fused-ring (bicyclic) bond motifs is 5. The van der Waals surface area contributed by atoms with E-state index < -0.39 is 0 Å². The lowest BCUT2D eigenvalue weighted by molar-refractivity contribution is -0.0573. The van der Waals surface area contributed by atoms with Crippen LogP contribution in [0, 0.1) is 51.8 Å². The van der Waals surface area contributed by atoms with E-state index in [0.717, 1.165) is 61.2 Å². The molecule has 0 radical (unpaired) electrons. The van der Waals surface area contributed by atoms with Gasteiger partial charge in [-0.25, -0.2) is 0 Å². The lowest BCUT2D eigenvalue weighted by Crippen LogP contribution is -2.50. The zero-order valence-electron chi connectivity index (χ0n) is 21.4. The van der Waals surface area contributed by atoms with E-state index in [4.69, 9.17) is 10.00 Å². The molecule has 0 spiro atoms. The van der Waals surface area contributed by atoms with Crippen LogP contribution in [0.2, 0.25) is 0 Å². The Bertz CT molecular complexity index is 962. The summed E-state index contributed by atoms with van der Waals surface area (Å²) in [4.78, 5) is 0. The molecule has 4 aliphatic rings. The fourth-order valence-electron chi connectivity index (χ4n) is 9.07. The summed E-state index contributed by atoms with van der Waals surface area (Å²) in [5.74, 6) is 4.90.